The fourth-order valence-electron chi connectivity index (χ4n) is 1.85. The van der Waals surface area contributed by atoms with Crippen molar-refractivity contribution in [3.63, 3.8) is 0 Å². The molecule has 0 aliphatic rings. The van der Waals surface area contributed by atoms with E-state index in [9.17, 15) is 19.6 Å². The molecule has 0 bridgehead atoms. The number of hydrogen-bond donors (Lipinski definition) is 2. The lowest BCUT2D eigenvalue weighted by Gasteiger charge is -2.13. The van der Waals surface area contributed by atoms with Gasteiger partial charge in [-0.15, -0.1) is 0 Å². The smallest absolute Gasteiger partial charge is 0.327 e. The van der Waals surface area contributed by atoms with Crippen LogP contribution in [-0.2, 0) is 0 Å². The molecule has 0 amide bonds. The first-order chi connectivity index (χ1) is 9.99. The molecule has 0 saturated heterocycles. The largest absolute Gasteiger partial charge is 0.387 e. The van der Waals surface area contributed by atoms with Crippen LogP contribution in [0.15, 0.2) is 42.5 Å². The third-order valence-electron chi connectivity index (χ3n) is 2.91. The summed E-state index contributed by atoms with van der Waals surface area (Å²) in [6, 6.07) is 10.3. The van der Waals surface area contributed by atoms with Gasteiger partial charge >= 0.3 is 5.69 Å². The van der Waals surface area contributed by atoms with Gasteiger partial charge in [-0.25, -0.2) is 0 Å². The van der Waals surface area contributed by atoms with Gasteiger partial charge in [-0.2, -0.15) is 4.39 Å². The minimum absolute atomic E-state index is 0.00588. The fourth-order valence-corrected chi connectivity index (χ4v) is 1.98. The van der Waals surface area contributed by atoms with Crippen LogP contribution in [0.5, 0.6) is 0 Å². The average molecular weight is 311 g/mol. The maximum atomic E-state index is 13.4. The van der Waals surface area contributed by atoms with E-state index in [2.05, 4.69) is 5.32 Å². The Kier molecular flexibility index (Phi) is 4.72. The van der Waals surface area contributed by atoms with Gasteiger partial charge in [-0.3, -0.25) is 10.1 Å². The Morgan fingerprint density at radius 1 is 1.29 bits per heavy atom. The van der Waals surface area contributed by atoms with Crippen LogP contribution in [0.1, 0.15) is 11.7 Å². The first-order valence-electron chi connectivity index (χ1n) is 6.09. The van der Waals surface area contributed by atoms with E-state index in [0.29, 0.717) is 10.6 Å². The Balaban J connectivity index is 2.11. The molecular weight excluding hydrogens is 299 g/mol. The van der Waals surface area contributed by atoms with E-state index in [1.165, 1.54) is 12.1 Å². The van der Waals surface area contributed by atoms with E-state index in [-0.39, 0.29) is 12.2 Å². The van der Waals surface area contributed by atoms with Crippen molar-refractivity contribution in [3.05, 3.63) is 69.0 Å². The number of nitro groups is 1. The van der Waals surface area contributed by atoms with Crippen LogP contribution in [0.25, 0.3) is 0 Å². The number of nitrogens with zero attached hydrogens (tertiary/aromatic N) is 1. The molecule has 0 heterocycles. The summed E-state index contributed by atoms with van der Waals surface area (Å²) < 4.78 is 13.4. The van der Waals surface area contributed by atoms with Crippen molar-refractivity contribution < 1.29 is 14.4 Å². The summed E-state index contributed by atoms with van der Waals surface area (Å²) in [4.78, 5) is 10.0. The average Bonchev–Trinajstić information content (AvgIpc) is 2.45. The lowest BCUT2D eigenvalue weighted by molar-refractivity contribution is -0.386. The topological polar surface area (TPSA) is 75.4 Å². The van der Waals surface area contributed by atoms with Crippen LogP contribution < -0.4 is 5.32 Å². The number of aliphatic hydroxyl groups excluding tert-OH is 1. The monoisotopic (exact) mass is 310 g/mol. The molecule has 0 fully saturated rings. The van der Waals surface area contributed by atoms with Crippen LogP contribution in [0.4, 0.5) is 15.8 Å². The van der Waals surface area contributed by atoms with E-state index < -0.39 is 22.5 Å². The highest BCUT2D eigenvalue weighted by Crippen LogP contribution is 2.28. The minimum Gasteiger partial charge on any atom is -0.387 e. The molecule has 0 aliphatic carbocycles. The van der Waals surface area contributed by atoms with Crippen molar-refractivity contribution in [1.82, 2.24) is 0 Å². The standard InChI is InChI=1S/C14H12ClFN2O3/c15-10-6-4-9(5-7-10)13(19)8-17-12-3-1-2-11(16)14(12)18(20)21/h1-7,13,17,19H,8H2. The summed E-state index contributed by atoms with van der Waals surface area (Å²) in [7, 11) is 0. The van der Waals surface area contributed by atoms with Crippen LogP contribution >= 0.6 is 11.6 Å². The molecule has 1 unspecified atom stereocenters. The predicted molar refractivity (Wildman–Crippen MR) is 78.0 cm³/mol. The van der Waals surface area contributed by atoms with Gasteiger partial charge in [0.25, 0.3) is 0 Å². The van der Waals surface area contributed by atoms with Gasteiger partial charge in [0.15, 0.2) is 0 Å². The number of halogens is 2. The maximum absolute atomic E-state index is 13.4. The number of anilines is 1. The second-order valence-corrected chi connectivity index (χ2v) is 4.78. The molecule has 2 N–H and O–H groups in total. The summed E-state index contributed by atoms with van der Waals surface area (Å²) in [6.45, 7) is 0.00588. The summed E-state index contributed by atoms with van der Waals surface area (Å²) in [5, 5.41) is 24.1. The highest BCUT2D eigenvalue weighted by atomic mass is 35.5. The Morgan fingerprint density at radius 2 is 1.95 bits per heavy atom. The highest BCUT2D eigenvalue weighted by molar-refractivity contribution is 6.30. The van der Waals surface area contributed by atoms with Gasteiger partial charge < -0.3 is 10.4 Å². The number of aliphatic hydroxyl groups is 1. The Morgan fingerprint density at radius 3 is 2.57 bits per heavy atom. The van der Waals surface area contributed by atoms with E-state index in [1.807, 2.05) is 0 Å². The first kappa shape index (κ1) is 15.2. The molecule has 21 heavy (non-hydrogen) atoms. The number of para-hydroxylation sites is 1. The van der Waals surface area contributed by atoms with E-state index in [0.717, 1.165) is 6.07 Å². The van der Waals surface area contributed by atoms with Crippen LogP contribution in [0, 0.1) is 15.9 Å². The molecule has 0 spiro atoms. The number of nitro benzene ring substituents is 1. The molecule has 0 saturated carbocycles. The van der Waals surface area contributed by atoms with Crippen LogP contribution in [-0.4, -0.2) is 16.6 Å². The van der Waals surface area contributed by atoms with Crippen molar-refractivity contribution in [1.29, 1.82) is 0 Å². The van der Waals surface area contributed by atoms with Gasteiger partial charge in [0.1, 0.15) is 5.69 Å². The zero-order valence-corrected chi connectivity index (χ0v) is 11.5. The van der Waals surface area contributed by atoms with Crippen molar-refractivity contribution >= 4 is 23.0 Å². The van der Waals surface area contributed by atoms with Gasteiger partial charge in [0.2, 0.25) is 5.82 Å². The number of benzene rings is 2. The number of hydrogen-bond acceptors (Lipinski definition) is 4. The summed E-state index contributed by atoms with van der Waals surface area (Å²) >= 11 is 5.75. The molecule has 2 aromatic carbocycles. The van der Waals surface area contributed by atoms with Gasteiger partial charge in [0, 0.05) is 11.6 Å². The molecule has 0 aromatic heterocycles. The van der Waals surface area contributed by atoms with Crippen molar-refractivity contribution in [2.45, 2.75) is 6.10 Å². The molecule has 7 heteroatoms. The minimum atomic E-state index is -0.925. The van der Waals surface area contributed by atoms with E-state index in [4.69, 9.17) is 11.6 Å². The number of nitrogens with one attached hydrogen (secondary N) is 1. The Hall–Kier alpha value is -2.18. The molecule has 0 radical (unpaired) electrons. The third-order valence-corrected chi connectivity index (χ3v) is 3.16. The van der Waals surface area contributed by atoms with Crippen molar-refractivity contribution in [2.75, 3.05) is 11.9 Å². The lowest BCUT2D eigenvalue weighted by atomic mass is 10.1. The molecule has 5 nitrogen and oxygen atoms in total. The molecule has 2 aromatic rings. The Bertz CT molecular complexity index is 649. The summed E-state index contributed by atoms with van der Waals surface area (Å²) in [5.74, 6) is -0.925. The summed E-state index contributed by atoms with van der Waals surface area (Å²) in [6.07, 6.45) is -0.898. The maximum Gasteiger partial charge on any atom is 0.327 e. The first-order valence-corrected chi connectivity index (χ1v) is 6.47. The van der Waals surface area contributed by atoms with Gasteiger partial charge in [-0.05, 0) is 29.8 Å². The SMILES string of the molecule is O=[N+]([O-])c1c(F)cccc1NCC(O)c1ccc(Cl)cc1. The lowest BCUT2D eigenvalue weighted by Crippen LogP contribution is -2.13. The zero-order chi connectivity index (χ0) is 15.4. The number of rotatable bonds is 5. The fraction of sp³-hybridized carbons (Fsp3) is 0.143. The molecule has 2 rings (SSSR count). The second kappa shape index (κ2) is 6.51. The van der Waals surface area contributed by atoms with Crippen molar-refractivity contribution in [2.24, 2.45) is 0 Å². The zero-order valence-electron chi connectivity index (χ0n) is 10.8. The van der Waals surface area contributed by atoms with Crippen LogP contribution in [0.3, 0.4) is 0 Å². The molecule has 110 valence electrons. The van der Waals surface area contributed by atoms with Gasteiger partial charge in [-0.1, -0.05) is 29.8 Å². The van der Waals surface area contributed by atoms with E-state index in [1.54, 1.807) is 24.3 Å². The van der Waals surface area contributed by atoms with E-state index >= 15 is 0 Å². The third kappa shape index (κ3) is 3.68. The quantitative estimate of drug-likeness (QED) is 0.654. The summed E-state index contributed by atoms with van der Waals surface area (Å²) in [5.41, 5.74) is -0.0141. The second-order valence-electron chi connectivity index (χ2n) is 4.34. The molecule has 0 aliphatic heterocycles. The normalized spacial score (nSPS) is 12.0. The molecular formula is C14H12ClFN2O3. The molecule has 1 atom stereocenters. The Labute approximate surface area is 125 Å². The highest BCUT2D eigenvalue weighted by Gasteiger charge is 2.20. The predicted octanol–water partition coefficient (Wildman–Crippen LogP) is 3.53. The van der Waals surface area contributed by atoms with Crippen molar-refractivity contribution in [3.8, 4) is 0 Å². The van der Waals surface area contributed by atoms with Gasteiger partial charge in [0.05, 0.1) is 11.0 Å². The van der Waals surface area contributed by atoms with Crippen LogP contribution in [0.2, 0.25) is 5.02 Å².